The van der Waals surface area contributed by atoms with Gasteiger partial charge in [0.15, 0.2) is 0 Å². The Hall–Kier alpha value is -1.55. The largest absolute Gasteiger partial charge is 0.469 e. The Morgan fingerprint density at radius 1 is 1.47 bits per heavy atom. The fourth-order valence-corrected chi connectivity index (χ4v) is 1.42. The third kappa shape index (κ3) is 2.70. The number of hydrogen-bond acceptors (Lipinski definition) is 4. The van der Waals surface area contributed by atoms with Crippen LogP contribution in [-0.2, 0) is 12.8 Å². The fourth-order valence-electron chi connectivity index (χ4n) is 1.42. The molecule has 15 heavy (non-hydrogen) atoms. The van der Waals surface area contributed by atoms with Crippen molar-refractivity contribution in [3.63, 3.8) is 0 Å². The third-order valence-corrected chi connectivity index (χ3v) is 2.04. The van der Waals surface area contributed by atoms with Crippen molar-refractivity contribution in [1.82, 2.24) is 4.98 Å². The van der Waals surface area contributed by atoms with Gasteiger partial charge in [-0.15, -0.1) is 0 Å². The van der Waals surface area contributed by atoms with Crippen LogP contribution in [0.2, 0.25) is 0 Å². The fraction of sp³-hybridized carbons (Fsp3) is 0.364. The minimum absolute atomic E-state index is 0.103. The van der Waals surface area contributed by atoms with E-state index in [2.05, 4.69) is 4.98 Å². The summed E-state index contributed by atoms with van der Waals surface area (Å²) < 4.78 is 10.5. The normalized spacial score (nSPS) is 12.9. The van der Waals surface area contributed by atoms with Crippen molar-refractivity contribution < 1.29 is 8.83 Å². The molecule has 0 aliphatic rings. The predicted octanol–water partition coefficient (Wildman–Crippen LogP) is 1.75. The summed E-state index contributed by atoms with van der Waals surface area (Å²) in [6.45, 7) is 1.95. The number of oxazole rings is 1. The van der Waals surface area contributed by atoms with Crippen molar-refractivity contribution in [2.45, 2.75) is 25.8 Å². The first-order chi connectivity index (χ1) is 7.24. The summed E-state index contributed by atoms with van der Waals surface area (Å²) in [5.41, 5.74) is 6.56. The van der Waals surface area contributed by atoms with E-state index in [0.29, 0.717) is 12.3 Å². The van der Waals surface area contributed by atoms with E-state index >= 15 is 0 Å². The molecule has 2 aromatic heterocycles. The Kier molecular flexibility index (Phi) is 2.87. The standard InChI is InChI=1S/C11H14N2O2/c1-8(12)5-9-7-15-11(13-9)6-10-3-2-4-14-10/h2-4,7-8H,5-6,12H2,1H3. The van der Waals surface area contributed by atoms with E-state index in [0.717, 1.165) is 17.9 Å². The van der Waals surface area contributed by atoms with Crippen molar-refractivity contribution in [3.8, 4) is 0 Å². The van der Waals surface area contributed by atoms with Gasteiger partial charge in [0.05, 0.1) is 18.4 Å². The molecule has 0 saturated heterocycles. The lowest BCUT2D eigenvalue weighted by atomic mass is 10.2. The minimum atomic E-state index is 0.103. The van der Waals surface area contributed by atoms with Gasteiger partial charge >= 0.3 is 0 Å². The molecule has 0 aromatic carbocycles. The van der Waals surface area contributed by atoms with Crippen LogP contribution in [0, 0.1) is 0 Å². The van der Waals surface area contributed by atoms with Crippen LogP contribution in [0.3, 0.4) is 0 Å². The summed E-state index contributed by atoms with van der Waals surface area (Å²) in [6, 6.07) is 3.85. The molecule has 0 radical (unpaired) electrons. The van der Waals surface area contributed by atoms with Crippen molar-refractivity contribution in [3.05, 3.63) is 42.0 Å². The number of aromatic nitrogens is 1. The Morgan fingerprint density at radius 3 is 3.00 bits per heavy atom. The van der Waals surface area contributed by atoms with E-state index in [4.69, 9.17) is 14.6 Å². The summed E-state index contributed by atoms with van der Waals surface area (Å²) in [4.78, 5) is 4.32. The molecule has 1 unspecified atom stereocenters. The van der Waals surface area contributed by atoms with Crippen LogP contribution in [0.25, 0.3) is 0 Å². The Morgan fingerprint density at radius 2 is 2.33 bits per heavy atom. The highest BCUT2D eigenvalue weighted by Gasteiger charge is 2.07. The molecule has 2 N–H and O–H groups in total. The number of hydrogen-bond donors (Lipinski definition) is 1. The lowest BCUT2D eigenvalue weighted by Crippen LogP contribution is -2.17. The molecule has 80 valence electrons. The van der Waals surface area contributed by atoms with Crippen LogP contribution >= 0.6 is 0 Å². The average molecular weight is 206 g/mol. The Labute approximate surface area is 88.1 Å². The van der Waals surface area contributed by atoms with Gasteiger partial charge in [-0.25, -0.2) is 4.98 Å². The zero-order chi connectivity index (χ0) is 10.7. The van der Waals surface area contributed by atoms with Crippen LogP contribution in [0.4, 0.5) is 0 Å². The van der Waals surface area contributed by atoms with Gasteiger partial charge in [-0.2, -0.15) is 0 Å². The number of furan rings is 1. The highest BCUT2D eigenvalue weighted by Crippen LogP contribution is 2.10. The second-order valence-electron chi connectivity index (χ2n) is 3.67. The summed E-state index contributed by atoms with van der Waals surface area (Å²) in [5, 5.41) is 0. The van der Waals surface area contributed by atoms with E-state index in [1.54, 1.807) is 12.5 Å². The third-order valence-electron chi connectivity index (χ3n) is 2.04. The summed E-state index contributed by atoms with van der Waals surface area (Å²) in [5.74, 6) is 1.52. The van der Waals surface area contributed by atoms with Gasteiger partial charge in [0, 0.05) is 12.5 Å². The van der Waals surface area contributed by atoms with E-state index in [9.17, 15) is 0 Å². The zero-order valence-electron chi connectivity index (χ0n) is 8.64. The van der Waals surface area contributed by atoms with Crippen LogP contribution in [-0.4, -0.2) is 11.0 Å². The maximum Gasteiger partial charge on any atom is 0.201 e. The Balaban J connectivity index is 2.01. The summed E-state index contributed by atoms with van der Waals surface area (Å²) >= 11 is 0. The van der Waals surface area contributed by atoms with Crippen LogP contribution in [0.5, 0.6) is 0 Å². The highest BCUT2D eigenvalue weighted by molar-refractivity contribution is 5.07. The lowest BCUT2D eigenvalue weighted by molar-refractivity contribution is 0.464. The summed E-state index contributed by atoms with van der Waals surface area (Å²) in [7, 11) is 0. The lowest BCUT2D eigenvalue weighted by Gasteiger charge is -1.98. The zero-order valence-corrected chi connectivity index (χ0v) is 8.64. The van der Waals surface area contributed by atoms with E-state index in [1.807, 2.05) is 19.1 Å². The molecule has 0 spiro atoms. The van der Waals surface area contributed by atoms with Gasteiger partial charge < -0.3 is 14.6 Å². The van der Waals surface area contributed by atoms with Crippen molar-refractivity contribution in [2.24, 2.45) is 5.73 Å². The first-order valence-corrected chi connectivity index (χ1v) is 4.95. The molecule has 2 rings (SSSR count). The number of rotatable bonds is 4. The van der Waals surface area contributed by atoms with E-state index in [-0.39, 0.29) is 6.04 Å². The molecule has 0 bridgehead atoms. The topological polar surface area (TPSA) is 65.2 Å². The molecule has 0 amide bonds. The van der Waals surface area contributed by atoms with E-state index in [1.165, 1.54) is 0 Å². The molecular formula is C11H14N2O2. The molecule has 0 aliphatic carbocycles. The average Bonchev–Trinajstić information content (AvgIpc) is 2.77. The maximum atomic E-state index is 5.67. The molecule has 2 heterocycles. The molecule has 0 fully saturated rings. The SMILES string of the molecule is CC(N)Cc1coc(Cc2ccco2)n1. The number of nitrogens with zero attached hydrogens (tertiary/aromatic N) is 1. The quantitative estimate of drug-likeness (QED) is 0.827. The van der Waals surface area contributed by atoms with Gasteiger partial charge in [0.2, 0.25) is 5.89 Å². The Bertz CT molecular complexity index is 404. The molecule has 0 aliphatic heterocycles. The smallest absolute Gasteiger partial charge is 0.201 e. The van der Waals surface area contributed by atoms with Gasteiger partial charge in [0.25, 0.3) is 0 Å². The molecule has 4 nitrogen and oxygen atoms in total. The van der Waals surface area contributed by atoms with Crippen LogP contribution < -0.4 is 5.73 Å². The van der Waals surface area contributed by atoms with Gasteiger partial charge in [0.1, 0.15) is 12.0 Å². The van der Waals surface area contributed by atoms with Crippen molar-refractivity contribution in [2.75, 3.05) is 0 Å². The summed E-state index contributed by atoms with van der Waals surface area (Å²) in [6.07, 6.45) is 4.62. The van der Waals surface area contributed by atoms with Crippen LogP contribution in [0.15, 0.2) is 33.5 Å². The maximum absolute atomic E-state index is 5.67. The van der Waals surface area contributed by atoms with Crippen molar-refractivity contribution in [1.29, 1.82) is 0 Å². The minimum Gasteiger partial charge on any atom is -0.469 e. The van der Waals surface area contributed by atoms with Crippen molar-refractivity contribution >= 4 is 0 Å². The van der Waals surface area contributed by atoms with E-state index < -0.39 is 0 Å². The molecule has 1 atom stereocenters. The first-order valence-electron chi connectivity index (χ1n) is 4.95. The molecule has 4 heteroatoms. The van der Waals surface area contributed by atoms with Gasteiger partial charge in [-0.05, 0) is 19.1 Å². The van der Waals surface area contributed by atoms with Gasteiger partial charge in [-0.1, -0.05) is 0 Å². The molecule has 0 saturated carbocycles. The van der Waals surface area contributed by atoms with Gasteiger partial charge in [-0.3, -0.25) is 0 Å². The highest BCUT2D eigenvalue weighted by atomic mass is 16.3. The number of nitrogens with two attached hydrogens (primary N) is 1. The second kappa shape index (κ2) is 4.31. The monoisotopic (exact) mass is 206 g/mol. The molecular weight excluding hydrogens is 192 g/mol. The molecule has 2 aromatic rings. The first kappa shape index (κ1) is 9.98. The van der Waals surface area contributed by atoms with Crippen LogP contribution in [0.1, 0.15) is 24.3 Å². The predicted molar refractivity (Wildman–Crippen MR) is 55.4 cm³/mol. The second-order valence-corrected chi connectivity index (χ2v) is 3.67.